The Bertz CT molecular complexity index is 561. The highest BCUT2D eigenvalue weighted by Crippen LogP contribution is 2.21. The largest absolute Gasteiger partial charge is 0.396 e. The second kappa shape index (κ2) is 6.99. The van der Waals surface area contributed by atoms with Gasteiger partial charge in [-0.3, -0.25) is 9.58 Å². The summed E-state index contributed by atoms with van der Waals surface area (Å²) in [5.41, 5.74) is 6.12. The van der Waals surface area contributed by atoms with Crippen LogP contribution in [0.25, 0.3) is 0 Å². The smallest absolute Gasteiger partial charge is 0.166 e. The van der Waals surface area contributed by atoms with E-state index in [0.717, 1.165) is 5.75 Å². The number of aliphatic hydroxyl groups excluding tert-OH is 1. The van der Waals surface area contributed by atoms with Crippen molar-refractivity contribution < 1.29 is 13.5 Å². The minimum atomic E-state index is -3.13. The van der Waals surface area contributed by atoms with Crippen LogP contribution in [0.4, 0.5) is 5.69 Å². The normalized spacial score (nSPS) is 22.3. The van der Waals surface area contributed by atoms with Crippen molar-refractivity contribution >= 4 is 27.3 Å². The lowest BCUT2D eigenvalue weighted by molar-refractivity contribution is 0.0932. The van der Waals surface area contributed by atoms with Gasteiger partial charge in [0.2, 0.25) is 0 Å². The zero-order valence-electron chi connectivity index (χ0n) is 12.1. The molecule has 9 heteroatoms. The molecule has 1 saturated heterocycles. The summed E-state index contributed by atoms with van der Waals surface area (Å²) >= 11 is 1.65. The lowest BCUT2D eigenvalue weighted by Crippen LogP contribution is -2.50. The fourth-order valence-electron chi connectivity index (χ4n) is 2.37. The minimum Gasteiger partial charge on any atom is -0.396 e. The van der Waals surface area contributed by atoms with E-state index in [0.29, 0.717) is 31.1 Å². The predicted molar refractivity (Wildman–Crippen MR) is 84.8 cm³/mol. The molecule has 2 heterocycles. The number of hydrogen-bond donors (Lipinski definition) is 2. The van der Waals surface area contributed by atoms with Crippen molar-refractivity contribution in [3.8, 4) is 0 Å². The Morgan fingerprint density at radius 2 is 2.33 bits per heavy atom. The summed E-state index contributed by atoms with van der Waals surface area (Å²) in [4.78, 5) is 1.87. The Hall–Kier alpha value is -0.770. The summed E-state index contributed by atoms with van der Waals surface area (Å²) in [6.07, 6.45) is 2.49. The molecule has 0 saturated carbocycles. The van der Waals surface area contributed by atoms with Gasteiger partial charge in [-0.1, -0.05) is 6.92 Å². The van der Waals surface area contributed by atoms with Gasteiger partial charge in [0.15, 0.2) is 9.84 Å². The zero-order valence-corrected chi connectivity index (χ0v) is 13.7. The molecule has 1 aliphatic rings. The van der Waals surface area contributed by atoms with Crippen LogP contribution >= 0.6 is 11.8 Å². The van der Waals surface area contributed by atoms with Crippen LogP contribution in [0.15, 0.2) is 12.4 Å². The van der Waals surface area contributed by atoms with E-state index in [1.165, 1.54) is 6.20 Å². The van der Waals surface area contributed by atoms with Crippen molar-refractivity contribution in [2.75, 3.05) is 36.1 Å². The average Bonchev–Trinajstić information content (AvgIpc) is 2.84. The van der Waals surface area contributed by atoms with E-state index in [4.69, 9.17) is 5.73 Å². The van der Waals surface area contributed by atoms with Gasteiger partial charge in [0.1, 0.15) is 5.37 Å². The van der Waals surface area contributed by atoms with Crippen molar-refractivity contribution in [2.24, 2.45) is 0 Å². The fraction of sp³-hybridized carbons (Fsp3) is 0.750. The molecule has 1 aromatic heterocycles. The number of rotatable bonds is 6. The van der Waals surface area contributed by atoms with Crippen molar-refractivity contribution in [2.45, 2.75) is 24.9 Å². The molecule has 1 fully saturated rings. The first-order valence-electron chi connectivity index (χ1n) is 6.91. The maximum absolute atomic E-state index is 12.1. The van der Waals surface area contributed by atoms with E-state index in [2.05, 4.69) is 5.10 Å². The molecule has 1 aromatic rings. The molecule has 0 spiro atoms. The molecule has 2 rings (SSSR count). The number of aromatic nitrogens is 2. The third-order valence-electron chi connectivity index (χ3n) is 3.50. The number of β-amino-alcohol motifs (C(OH)–C–C–N with tert-alkyl or cyclic N) is 1. The molecule has 1 aliphatic heterocycles. The lowest BCUT2D eigenvalue weighted by Gasteiger charge is -2.35. The summed E-state index contributed by atoms with van der Waals surface area (Å²) in [5.74, 6) is 1.58. The Kier molecular flexibility index (Phi) is 5.53. The Morgan fingerprint density at radius 1 is 1.57 bits per heavy atom. The molecule has 0 aliphatic carbocycles. The van der Waals surface area contributed by atoms with E-state index in [-0.39, 0.29) is 5.75 Å². The molecule has 0 radical (unpaired) electrons. The van der Waals surface area contributed by atoms with Crippen molar-refractivity contribution in [3.63, 3.8) is 0 Å². The van der Waals surface area contributed by atoms with Crippen molar-refractivity contribution in [1.82, 2.24) is 14.7 Å². The molecule has 2 unspecified atom stereocenters. The number of nitrogens with zero attached hydrogens (tertiary/aromatic N) is 3. The molecular weight excluding hydrogens is 312 g/mol. The number of sulfone groups is 1. The van der Waals surface area contributed by atoms with E-state index in [1.807, 2.05) is 4.90 Å². The summed E-state index contributed by atoms with van der Waals surface area (Å²) in [7, 11) is -3.13. The van der Waals surface area contributed by atoms with Gasteiger partial charge >= 0.3 is 0 Å². The average molecular weight is 334 g/mol. The Labute approximate surface area is 129 Å². The highest BCUT2D eigenvalue weighted by atomic mass is 32.2. The maximum Gasteiger partial charge on any atom is 0.166 e. The second-order valence-corrected chi connectivity index (χ2v) is 8.72. The van der Waals surface area contributed by atoms with Gasteiger partial charge in [-0.15, -0.1) is 0 Å². The first kappa shape index (κ1) is 16.6. The lowest BCUT2D eigenvalue weighted by atomic mass is 10.3. The van der Waals surface area contributed by atoms with Crippen molar-refractivity contribution in [1.29, 1.82) is 0 Å². The molecule has 2 atom stereocenters. The van der Waals surface area contributed by atoms with Crippen LogP contribution in [0.2, 0.25) is 0 Å². The quantitative estimate of drug-likeness (QED) is 0.732. The van der Waals surface area contributed by atoms with E-state index >= 15 is 0 Å². The number of aliphatic hydroxyl groups is 1. The molecule has 0 bridgehead atoms. The summed E-state index contributed by atoms with van der Waals surface area (Å²) in [6.45, 7) is 2.96. The highest BCUT2D eigenvalue weighted by molar-refractivity contribution is 8.01. The molecule has 7 nitrogen and oxygen atoms in total. The van der Waals surface area contributed by atoms with Crippen LogP contribution < -0.4 is 5.73 Å². The van der Waals surface area contributed by atoms with Gasteiger partial charge in [-0.05, 0) is 0 Å². The summed E-state index contributed by atoms with van der Waals surface area (Å²) < 4.78 is 25.8. The second-order valence-electron chi connectivity index (χ2n) is 5.13. The van der Waals surface area contributed by atoms with Crippen molar-refractivity contribution in [3.05, 3.63) is 12.4 Å². The third kappa shape index (κ3) is 4.35. The zero-order chi connectivity index (χ0) is 15.5. The predicted octanol–water partition coefficient (Wildman–Crippen LogP) is -0.364. The van der Waals surface area contributed by atoms with Gasteiger partial charge in [0.25, 0.3) is 0 Å². The molecule has 120 valence electrons. The highest BCUT2D eigenvalue weighted by Gasteiger charge is 2.33. The molecule has 3 N–H and O–H groups in total. The standard InChI is InChI=1S/C12H22N4O3S2/c1-2-21(18,19)12-9-20-4-3-15(12)7-11(17)8-16-6-10(13)5-14-16/h5-6,11-12,17H,2-4,7-9,13H2,1H3. The van der Waals surface area contributed by atoms with E-state index in [1.54, 1.807) is 29.6 Å². The van der Waals surface area contributed by atoms with Crippen LogP contribution in [0.1, 0.15) is 6.92 Å². The number of anilines is 1. The molecule has 0 amide bonds. The SMILES string of the molecule is CCS(=O)(=O)C1CSCCN1CC(O)Cn1cc(N)cn1. The minimum absolute atomic E-state index is 0.126. The molecular formula is C12H22N4O3S2. The fourth-order valence-corrected chi connectivity index (χ4v) is 5.46. The molecule has 0 aromatic carbocycles. The van der Waals surface area contributed by atoms with Gasteiger partial charge in [0.05, 0.1) is 24.5 Å². The van der Waals surface area contributed by atoms with Crippen LogP contribution in [0.5, 0.6) is 0 Å². The van der Waals surface area contributed by atoms with Gasteiger partial charge < -0.3 is 10.8 Å². The first-order valence-corrected chi connectivity index (χ1v) is 9.78. The van der Waals surface area contributed by atoms with Crippen LogP contribution in [-0.2, 0) is 16.4 Å². The first-order chi connectivity index (χ1) is 9.92. The number of nitrogen functional groups attached to an aromatic ring is 1. The Balaban J connectivity index is 1.98. The van der Waals surface area contributed by atoms with Gasteiger partial charge in [-0.2, -0.15) is 16.9 Å². The third-order valence-corrected chi connectivity index (χ3v) is 6.84. The summed E-state index contributed by atoms with van der Waals surface area (Å²) in [6, 6.07) is 0. The number of nitrogens with two attached hydrogens (primary N) is 1. The Morgan fingerprint density at radius 3 is 2.95 bits per heavy atom. The van der Waals surface area contributed by atoms with Crippen LogP contribution in [-0.4, -0.2) is 70.0 Å². The van der Waals surface area contributed by atoms with Gasteiger partial charge in [0, 0.05) is 36.5 Å². The topological polar surface area (TPSA) is 101 Å². The monoisotopic (exact) mass is 334 g/mol. The van der Waals surface area contributed by atoms with E-state index in [9.17, 15) is 13.5 Å². The maximum atomic E-state index is 12.1. The van der Waals surface area contributed by atoms with Gasteiger partial charge in [-0.25, -0.2) is 8.42 Å². The number of hydrogen-bond acceptors (Lipinski definition) is 7. The van der Waals surface area contributed by atoms with E-state index < -0.39 is 21.3 Å². The van der Waals surface area contributed by atoms with Crippen LogP contribution in [0.3, 0.4) is 0 Å². The summed E-state index contributed by atoms with van der Waals surface area (Å²) in [5, 5.41) is 13.7. The van der Waals surface area contributed by atoms with Crippen LogP contribution in [0, 0.1) is 0 Å². The number of thioether (sulfide) groups is 1. The molecule has 21 heavy (non-hydrogen) atoms.